The number of benzene rings is 1. The Hall–Kier alpha value is -1.78. The van der Waals surface area contributed by atoms with Gasteiger partial charge in [-0.2, -0.15) is 0 Å². The summed E-state index contributed by atoms with van der Waals surface area (Å²) in [7, 11) is 0. The Morgan fingerprint density at radius 2 is 1.89 bits per heavy atom. The maximum atomic E-state index is 13.9. The van der Waals surface area contributed by atoms with Crippen LogP contribution in [0.1, 0.15) is 46.5 Å². The summed E-state index contributed by atoms with van der Waals surface area (Å²) in [5, 5.41) is 12.2. The van der Waals surface area contributed by atoms with Gasteiger partial charge in [0.05, 0.1) is 23.2 Å². The average Bonchev–Trinajstić information content (AvgIpc) is 3.47. The molecule has 204 valence electrons. The average molecular weight is 597 g/mol. The van der Waals surface area contributed by atoms with Gasteiger partial charge in [0.1, 0.15) is 6.04 Å². The quantitative estimate of drug-likeness (QED) is 0.216. The largest absolute Gasteiger partial charge is 0.466 e. The number of rotatable bonds is 12. The number of aliphatic hydroxyl groups is 1. The molecule has 1 spiro atoms. The van der Waals surface area contributed by atoms with E-state index < -0.39 is 22.6 Å². The van der Waals surface area contributed by atoms with Crippen LogP contribution < -0.4 is 10.2 Å². The Morgan fingerprint density at radius 3 is 2.51 bits per heavy atom. The van der Waals surface area contributed by atoms with Gasteiger partial charge in [-0.05, 0) is 70.7 Å². The smallest absolute Gasteiger partial charge is 0.310 e. The van der Waals surface area contributed by atoms with Gasteiger partial charge in [0, 0.05) is 47.7 Å². The van der Waals surface area contributed by atoms with E-state index in [-0.39, 0.29) is 41.1 Å². The third kappa shape index (κ3) is 5.13. The Bertz CT molecular complexity index is 991. The van der Waals surface area contributed by atoms with Crippen LogP contribution in [0.25, 0.3) is 0 Å². The van der Waals surface area contributed by atoms with Crippen molar-refractivity contribution in [1.29, 1.82) is 0 Å². The summed E-state index contributed by atoms with van der Waals surface area (Å²) in [4.78, 5) is 44.8. The lowest BCUT2D eigenvalue weighted by Crippen LogP contribution is -2.52. The molecule has 6 atom stereocenters. The van der Waals surface area contributed by atoms with Gasteiger partial charge in [0.15, 0.2) is 0 Å². The molecule has 0 saturated carbocycles. The van der Waals surface area contributed by atoms with Crippen LogP contribution in [0.4, 0.5) is 11.4 Å². The molecule has 3 aliphatic rings. The van der Waals surface area contributed by atoms with Crippen LogP contribution in [-0.2, 0) is 19.1 Å². The number of fused-ring (bicyclic) bond motifs is 1. The second-order valence-electron chi connectivity index (χ2n) is 9.94. The number of anilines is 2. The molecular weight excluding hydrogens is 558 g/mol. The number of alkyl halides is 1. The molecule has 3 saturated heterocycles. The molecule has 0 aliphatic carbocycles. The Morgan fingerprint density at radius 1 is 1.19 bits per heavy atom. The number of halogens is 1. The zero-order valence-corrected chi connectivity index (χ0v) is 24.2. The molecule has 3 unspecified atom stereocenters. The molecule has 2 amide bonds. The number of likely N-dealkylation sites (tertiary alicyclic amines) is 1. The van der Waals surface area contributed by atoms with Crippen molar-refractivity contribution in [2.24, 2.45) is 11.8 Å². The zero-order chi connectivity index (χ0) is 26.7. The Kier molecular flexibility index (Phi) is 9.12. The summed E-state index contributed by atoms with van der Waals surface area (Å²) in [6.45, 7) is 8.55. The van der Waals surface area contributed by atoms with Crippen LogP contribution >= 0.6 is 27.7 Å². The van der Waals surface area contributed by atoms with Gasteiger partial charge >= 0.3 is 5.97 Å². The molecule has 10 heteroatoms. The highest BCUT2D eigenvalue weighted by Crippen LogP contribution is 2.67. The van der Waals surface area contributed by atoms with Crippen molar-refractivity contribution >= 4 is 56.9 Å². The fourth-order valence-corrected chi connectivity index (χ4v) is 9.90. The molecule has 3 aliphatic heterocycles. The van der Waals surface area contributed by atoms with E-state index in [0.717, 1.165) is 25.2 Å². The molecule has 2 N–H and O–H groups in total. The van der Waals surface area contributed by atoms with Crippen molar-refractivity contribution in [1.82, 2.24) is 4.90 Å². The summed E-state index contributed by atoms with van der Waals surface area (Å²) >= 11 is 5.37. The van der Waals surface area contributed by atoms with Crippen molar-refractivity contribution in [3.8, 4) is 0 Å². The minimum Gasteiger partial charge on any atom is -0.466 e. The Balaban J connectivity index is 1.62. The number of thioether (sulfide) groups is 1. The van der Waals surface area contributed by atoms with E-state index in [2.05, 4.69) is 40.0 Å². The minimum atomic E-state index is -0.685. The molecule has 2 bridgehead atoms. The van der Waals surface area contributed by atoms with E-state index in [1.165, 1.54) is 0 Å². The highest BCUT2D eigenvalue weighted by Gasteiger charge is 2.75. The summed E-state index contributed by atoms with van der Waals surface area (Å²) in [5.74, 6) is -1.84. The van der Waals surface area contributed by atoms with Crippen LogP contribution in [-0.4, -0.2) is 81.5 Å². The standard InChI is InChI=1S/C27H38BrN3O5S/c1-4-30(5-2)18-12-10-17(11-13-18)29-24(33)23-27-16-19(28)22(37-27)20(26(35)36-6-3)21(27)25(34)31(23)14-8-7-9-15-32/h10-13,19-23,32H,4-9,14-16H2,1-3H3,(H,29,33)/t19?,20-,21+,22-,23?,27?/m1/s1. The molecular formula is C27H38BrN3O5S. The van der Waals surface area contributed by atoms with Crippen molar-refractivity contribution < 1.29 is 24.2 Å². The lowest BCUT2D eigenvalue weighted by Gasteiger charge is -2.35. The number of esters is 1. The predicted molar refractivity (Wildman–Crippen MR) is 150 cm³/mol. The number of hydrogen-bond acceptors (Lipinski definition) is 7. The van der Waals surface area contributed by atoms with Gasteiger partial charge in [-0.1, -0.05) is 15.9 Å². The van der Waals surface area contributed by atoms with Crippen molar-refractivity contribution in [2.45, 2.75) is 67.3 Å². The lowest BCUT2D eigenvalue weighted by molar-refractivity contribution is -0.153. The van der Waals surface area contributed by atoms with Gasteiger partial charge in [0.2, 0.25) is 11.8 Å². The monoisotopic (exact) mass is 595 g/mol. The number of amides is 2. The second kappa shape index (κ2) is 11.9. The first-order chi connectivity index (χ1) is 17.8. The summed E-state index contributed by atoms with van der Waals surface area (Å²) in [5.41, 5.74) is 1.77. The van der Waals surface area contributed by atoms with Crippen LogP contribution in [0.5, 0.6) is 0 Å². The third-order valence-corrected chi connectivity index (χ3v) is 11.1. The first kappa shape index (κ1) is 28.2. The normalized spacial score (nSPS) is 29.9. The van der Waals surface area contributed by atoms with E-state index in [0.29, 0.717) is 31.5 Å². The van der Waals surface area contributed by atoms with Gasteiger partial charge < -0.3 is 25.0 Å². The number of hydrogen-bond donors (Lipinski definition) is 2. The molecule has 8 nitrogen and oxygen atoms in total. The summed E-state index contributed by atoms with van der Waals surface area (Å²) < 4.78 is 4.71. The van der Waals surface area contributed by atoms with Gasteiger partial charge in [-0.15, -0.1) is 11.8 Å². The first-order valence-corrected chi connectivity index (χ1v) is 15.2. The number of nitrogens with one attached hydrogen (secondary N) is 1. The van der Waals surface area contributed by atoms with Crippen LogP contribution in [0, 0.1) is 11.8 Å². The highest BCUT2D eigenvalue weighted by molar-refractivity contribution is 9.09. The molecule has 1 aromatic rings. The minimum absolute atomic E-state index is 0.0222. The number of aliphatic hydroxyl groups excluding tert-OH is 1. The van der Waals surface area contributed by atoms with E-state index in [4.69, 9.17) is 4.74 Å². The Labute approximate surface area is 232 Å². The topological polar surface area (TPSA) is 99.2 Å². The van der Waals surface area contributed by atoms with E-state index in [1.54, 1.807) is 23.6 Å². The van der Waals surface area contributed by atoms with E-state index >= 15 is 0 Å². The second-order valence-corrected chi connectivity index (χ2v) is 12.7. The zero-order valence-electron chi connectivity index (χ0n) is 21.8. The molecule has 37 heavy (non-hydrogen) atoms. The molecule has 3 fully saturated rings. The fraction of sp³-hybridized carbons (Fsp3) is 0.667. The predicted octanol–water partition coefficient (Wildman–Crippen LogP) is 3.66. The molecule has 3 heterocycles. The van der Waals surface area contributed by atoms with Crippen molar-refractivity contribution in [3.63, 3.8) is 0 Å². The number of unbranched alkanes of at least 4 members (excludes halogenated alkanes) is 2. The van der Waals surface area contributed by atoms with Crippen LogP contribution in [0.3, 0.4) is 0 Å². The highest BCUT2D eigenvalue weighted by atomic mass is 79.9. The fourth-order valence-electron chi connectivity index (χ4n) is 6.30. The number of carbonyl (C=O) groups excluding carboxylic acids is 3. The molecule has 4 rings (SSSR count). The maximum absolute atomic E-state index is 13.9. The molecule has 1 aromatic carbocycles. The van der Waals surface area contributed by atoms with Gasteiger partial charge in [0.25, 0.3) is 0 Å². The number of ether oxygens (including phenoxy) is 1. The molecule has 0 aromatic heterocycles. The van der Waals surface area contributed by atoms with Crippen molar-refractivity contribution in [2.75, 3.05) is 43.1 Å². The first-order valence-electron chi connectivity index (χ1n) is 13.4. The SMILES string of the molecule is CCOC(=O)[C@H]1[C@@H]2SC3(CC2Br)C(C(=O)Nc2ccc(N(CC)CC)cc2)N(CCCCCO)C(=O)[C@H]13. The van der Waals surface area contributed by atoms with Gasteiger partial charge in [-0.25, -0.2) is 0 Å². The number of nitrogens with zero attached hydrogens (tertiary/aromatic N) is 2. The third-order valence-electron chi connectivity index (χ3n) is 7.92. The summed E-state index contributed by atoms with van der Waals surface area (Å²) in [6.07, 6.45) is 2.74. The van der Waals surface area contributed by atoms with Gasteiger partial charge in [-0.3, -0.25) is 14.4 Å². The van der Waals surface area contributed by atoms with E-state index in [1.807, 2.05) is 24.3 Å². The van der Waals surface area contributed by atoms with Crippen molar-refractivity contribution in [3.05, 3.63) is 24.3 Å². The van der Waals surface area contributed by atoms with Crippen LogP contribution in [0.2, 0.25) is 0 Å². The number of carbonyl (C=O) groups is 3. The maximum Gasteiger partial charge on any atom is 0.310 e. The summed E-state index contributed by atoms with van der Waals surface area (Å²) in [6, 6.07) is 7.11. The van der Waals surface area contributed by atoms with E-state index in [9.17, 15) is 19.5 Å². The lowest BCUT2D eigenvalue weighted by atomic mass is 9.71. The van der Waals surface area contributed by atoms with Crippen LogP contribution in [0.15, 0.2) is 24.3 Å². The molecule has 0 radical (unpaired) electrons.